The lowest BCUT2D eigenvalue weighted by Crippen LogP contribution is -2.29. The Morgan fingerprint density at radius 1 is 0.343 bits per heavy atom. The van der Waals surface area contributed by atoms with Crippen molar-refractivity contribution in [2.24, 2.45) is 0 Å². The number of hydrogen-bond donors (Lipinski definition) is 2. The number of rotatable bonds is 7. The van der Waals surface area contributed by atoms with Crippen molar-refractivity contribution in [3.05, 3.63) is 140 Å². The van der Waals surface area contributed by atoms with Crippen LogP contribution in [0.15, 0.2) is 140 Å². The molecule has 4 nitrogen and oxygen atoms in total. The monoisotopic (exact) mass is 456 g/mol. The van der Waals surface area contributed by atoms with Crippen molar-refractivity contribution in [1.82, 2.24) is 0 Å². The molecule has 5 rings (SSSR count). The molecule has 35 heavy (non-hydrogen) atoms. The van der Waals surface area contributed by atoms with Gasteiger partial charge in [-0.1, -0.05) is 66.7 Å². The Morgan fingerprint density at radius 2 is 0.600 bits per heavy atom. The van der Waals surface area contributed by atoms with Crippen LogP contribution >= 0.6 is 0 Å². The van der Waals surface area contributed by atoms with Gasteiger partial charge in [0.2, 0.25) is 0 Å². The molecule has 0 saturated carbocycles. The van der Waals surface area contributed by atoms with Gasteiger partial charge in [-0.25, -0.2) is 0 Å². The minimum Gasteiger partial charge on any atom is -0.423 e. The van der Waals surface area contributed by atoms with E-state index in [4.69, 9.17) is 0 Å². The second-order valence-electron chi connectivity index (χ2n) is 8.16. The Hall–Kier alpha value is -4.32. The topological polar surface area (TPSA) is 46.9 Å². The fourth-order valence-electron chi connectivity index (χ4n) is 4.17. The maximum atomic E-state index is 9.50. The average molecular weight is 456 g/mol. The van der Waals surface area contributed by atoms with Gasteiger partial charge in [0.25, 0.3) is 0 Å². The predicted octanol–water partition coefficient (Wildman–Crippen LogP) is 6.31. The van der Waals surface area contributed by atoms with Crippen LogP contribution in [0.4, 0.5) is 34.1 Å². The van der Waals surface area contributed by atoms with Crippen molar-refractivity contribution in [3.63, 3.8) is 0 Å². The summed E-state index contributed by atoms with van der Waals surface area (Å²) >= 11 is 0. The molecule has 0 aliphatic carbocycles. The summed E-state index contributed by atoms with van der Waals surface area (Å²) in [6.07, 6.45) is 0. The lowest BCUT2D eigenvalue weighted by atomic mass is 9.80. The molecule has 2 N–H and O–H groups in total. The Morgan fingerprint density at radius 3 is 0.886 bits per heavy atom. The summed E-state index contributed by atoms with van der Waals surface area (Å²) in [7, 11) is -1.49. The van der Waals surface area contributed by atoms with Gasteiger partial charge in [-0.3, -0.25) is 0 Å². The van der Waals surface area contributed by atoms with Gasteiger partial charge in [0.15, 0.2) is 0 Å². The van der Waals surface area contributed by atoms with E-state index in [-0.39, 0.29) is 0 Å². The van der Waals surface area contributed by atoms with E-state index < -0.39 is 7.12 Å². The van der Waals surface area contributed by atoms with E-state index in [1.165, 1.54) is 0 Å². The largest absolute Gasteiger partial charge is 0.488 e. The zero-order valence-corrected chi connectivity index (χ0v) is 19.1. The standard InChI is InChI=1S/C30H25BN2O2/c34-31(35)24-16-18-28(19-17-24)33(27-14-8-3-9-15-27)30-22-20-29(21-23-30)32(25-10-4-1-5-11-25)26-12-6-2-7-13-26/h1-23,34-35H. The van der Waals surface area contributed by atoms with E-state index in [0.29, 0.717) is 5.46 Å². The van der Waals surface area contributed by atoms with E-state index in [0.717, 1.165) is 34.1 Å². The summed E-state index contributed by atoms with van der Waals surface area (Å²) in [6.45, 7) is 0. The van der Waals surface area contributed by atoms with Crippen molar-refractivity contribution >= 4 is 46.7 Å². The number of para-hydroxylation sites is 3. The van der Waals surface area contributed by atoms with Gasteiger partial charge in [0, 0.05) is 34.1 Å². The minimum atomic E-state index is -1.49. The van der Waals surface area contributed by atoms with Crippen molar-refractivity contribution in [3.8, 4) is 0 Å². The van der Waals surface area contributed by atoms with Gasteiger partial charge < -0.3 is 19.8 Å². The molecule has 0 fully saturated rings. The molecule has 0 atom stereocenters. The zero-order valence-electron chi connectivity index (χ0n) is 19.1. The van der Waals surface area contributed by atoms with E-state index in [2.05, 4.69) is 70.5 Å². The summed E-state index contributed by atoms with van der Waals surface area (Å²) < 4.78 is 0. The smallest absolute Gasteiger partial charge is 0.423 e. The minimum absolute atomic E-state index is 0.457. The second-order valence-corrected chi connectivity index (χ2v) is 8.16. The SMILES string of the molecule is OB(O)c1ccc(N(c2ccccc2)c2ccc(N(c3ccccc3)c3ccccc3)cc2)cc1. The maximum Gasteiger partial charge on any atom is 0.488 e. The van der Waals surface area contributed by atoms with Crippen LogP contribution in [0.25, 0.3) is 0 Å². The third-order valence-electron chi connectivity index (χ3n) is 5.86. The Balaban J connectivity index is 1.55. The van der Waals surface area contributed by atoms with Crippen LogP contribution < -0.4 is 15.3 Å². The average Bonchev–Trinajstić information content (AvgIpc) is 2.92. The highest BCUT2D eigenvalue weighted by Gasteiger charge is 2.17. The summed E-state index contributed by atoms with van der Waals surface area (Å²) in [5.41, 5.74) is 6.63. The molecule has 170 valence electrons. The molecule has 5 heteroatoms. The quantitative estimate of drug-likeness (QED) is 0.282. The Bertz CT molecular complexity index is 1310. The molecule has 5 aromatic carbocycles. The molecule has 0 amide bonds. The highest BCUT2D eigenvalue weighted by atomic mass is 16.4. The fourth-order valence-corrected chi connectivity index (χ4v) is 4.17. The fraction of sp³-hybridized carbons (Fsp3) is 0. The lowest BCUT2D eigenvalue weighted by Gasteiger charge is -2.28. The van der Waals surface area contributed by atoms with E-state index in [1.54, 1.807) is 12.1 Å². The molecule has 0 spiro atoms. The van der Waals surface area contributed by atoms with Gasteiger partial charge >= 0.3 is 7.12 Å². The van der Waals surface area contributed by atoms with Crippen molar-refractivity contribution in [2.45, 2.75) is 0 Å². The van der Waals surface area contributed by atoms with Crippen LogP contribution in [0.5, 0.6) is 0 Å². The summed E-state index contributed by atoms with van der Waals surface area (Å²) in [4.78, 5) is 4.38. The Labute approximate surface area is 206 Å². The first-order chi connectivity index (χ1) is 17.2. The van der Waals surface area contributed by atoms with Crippen LogP contribution in [-0.4, -0.2) is 17.2 Å². The molecule has 5 aromatic rings. The molecule has 0 aromatic heterocycles. The second kappa shape index (κ2) is 10.3. The maximum absolute atomic E-state index is 9.50. The summed E-state index contributed by atoms with van der Waals surface area (Å²) in [6, 6.07) is 46.5. The van der Waals surface area contributed by atoms with Crippen molar-refractivity contribution in [2.75, 3.05) is 9.80 Å². The summed E-state index contributed by atoms with van der Waals surface area (Å²) in [5, 5.41) is 19.0. The van der Waals surface area contributed by atoms with Crippen LogP contribution in [-0.2, 0) is 0 Å². The molecule has 0 aliphatic rings. The third-order valence-corrected chi connectivity index (χ3v) is 5.86. The van der Waals surface area contributed by atoms with Gasteiger partial charge in [-0.15, -0.1) is 0 Å². The Kier molecular flexibility index (Phi) is 6.62. The predicted molar refractivity (Wildman–Crippen MR) is 146 cm³/mol. The number of anilines is 6. The van der Waals surface area contributed by atoms with E-state index >= 15 is 0 Å². The lowest BCUT2D eigenvalue weighted by molar-refractivity contribution is 0.426. The van der Waals surface area contributed by atoms with E-state index in [9.17, 15) is 10.0 Å². The van der Waals surface area contributed by atoms with Crippen molar-refractivity contribution < 1.29 is 10.0 Å². The van der Waals surface area contributed by atoms with Crippen LogP contribution in [0, 0.1) is 0 Å². The van der Waals surface area contributed by atoms with Gasteiger partial charge in [-0.2, -0.15) is 0 Å². The molecule has 0 saturated heterocycles. The highest BCUT2D eigenvalue weighted by Crippen LogP contribution is 2.38. The van der Waals surface area contributed by atoms with E-state index in [1.807, 2.05) is 66.7 Å². The van der Waals surface area contributed by atoms with Gasteiger partial charge in [0.05, 0.1) is 0 Å². The number of nitrogens with zero attached hydrogens (tertiary/aromatic N) is 2. The number of benzene rings is 5. The first-order valence-corrected chi connectivity index (χ1v) is 11.5. The third kappa shape index (κ3) is 4.97. The highest BCUT2D eigenvalue weighted by molar-refractivity contribution is 6.58. The van der Waals surface area contributed by atoms with Gasteiger partial charge in [0.1, 0.15) is 0 Å². The number of hydrogen-bond acceptors (Lipinski definition) is 4. The molecular weight excluding hydrogens is 431 g/mol. The first kappa shape index (κ1) is 22.5. The van der Waals surface area contributed by atoms with Crippen LogP contribution in [0.1, 0.15) is 0 Å². The first-order valence-electron chi connectivity index (χ1n) is 11.5. The molecule has 0 heterocycles. The summed E-state index contributed by atoms with van der Waals surface area (Å²) in [5.74, 6) is 0. The molecule has 0 bridgehead atoms. The normalized spacial score (nSPS) is 10.6. The molecule has 0 aliphatic heterocycles. The molecule has 0 unspecified atom stereocenters. The van der Waals surface area contributed by atoms with Crippen LogP contribution in [0.2, 0.25) is 0 Å². The van der Waals surface area contributed by atoms with Gasteiger partial charge in [-0.05, 0) is 78.3 Å². The molecule has 0 radical (unpaired) electrons. The van der Waals surface area contributed by atoms with Crippen molar-refractivity contribution in [1.29, 1.82) is 0 Å². The van der Waals surface area contributed by atoms with Crippen LogP contribution in [0.3, 0.4) is 0 Å². The molecular formula is C30H25BN2O2. The zero-order chi connectivity index (χ0) is 24.0.